The van der Waals surface area contributed by atoms with E-state index in [4.69, 9.17) is 26.2 Å². The zero-order valence-electron chi connectivity index (χ0n) is 11.2. The summed E-state index contributed by atoms with van der Waals surface area (Å²) >= 11 is 0. The highest BCUT2D eigenvalue weighted by Crippen LogP contribution is 2.43. The molecule has 0 amide bonds. The molecule has 0 fully saturated rings. The van der Waals surface area contributed by atoms with Crippen molar-refractivity contribution in [3.05, 3.63) is 23.3 Å². The maximum Gasteiger partial charge on any atom is 0.420 e. The minimum absolute atomic E-state index is 0.470. The number of methoxy groups -OCH3 is 2. The fraction of sp³-hybridized carbons (Fsp3) is 0.455. The molecule has 21 heavy (non-hydrogen) atoms. The lowest BCUT2D eigenvalue weighted by Crippen LogP contribution is -2.59. The Labute approximate surface area is 121 Å². The molecule has 0 aliphatic rings. The molecule has 0 aromatic heterocycles. The summed E-state index contributed by atoms with van der Waals surface area (Å²) < 4.78 is 48.0. The van der Waals surface area contributed by atoms with E-state index in [1.807, 2.05) is 0 Å². The molecule has 10 heteroatoms. The van der Waals surface area contributed by atoms with Crippen molar-refractivity contribution in [3.8, 4) is 11.5 Å². The van der Waals surface area contributed by atoms with Gasteiger partial charge in [-0.05, 0) is 12.1 Å². The van der Waals surface area contributed by atoms with Gasteiger partial charge in [-0.25, -0.2) is 0 Å². The summed E-state index contributed by atoms with van der Waals surface area (Å²) in [5.41, 5.74) is -2.11. The molecule has 0 spiro atoms. The highest BCUT2D eigenvalue weighted by atomic mass is 19.4. The van der Waals surface area contributed by atoms with Crippen LogP contribution in [0.15, 0.2) is 12.1 Å². The molecule has 1 aromatic carbocycles. The molecule has 2 atom stereocenters. The quantitative estimate of drug-likeness (QED) is 0.530. The molecule has 0 aliphatic heterocycles. The average molecular weight is 301 g/mol. The van der Waals surface area contributed by atoms with Crippen LogP contribution in [0, 0.1) is 0 Å². The van der Waals surface area contributed by atoms with Crippen LogP contribution in [-0.4, -0.2) is 45.7 Å². The molecule has 0 saturated carbocycles. The van der Waals surface area contributed by atoms with Gasteiger partial charge in [-0.15, -0.1) is 0 Å². The summed E-state index contributed by atoms with van der Waals surface area (Å²) in [5.74, 6) is -1.12. The summed E-state index contributed by atoms with van der Waals surface area (Å²) in [5, 5.41) is 19.5. The highest BCUT2D eigenvalue weighted by molar-refractivity contribution is 6.25. The number of hydrogen-bond acceptors (Lipinski definition) is 5. The summed E-state index contributed by atoms with van der Waals surface area (Å²) in [6, 6.07) is 1.30. The van der Waals surface area contributed by atoms with E-state index in [-0.39, 0.29) is 0 Å². The summed E-state index contributed by atoms with van der Waals surface area (Å²) in [6.07, 6.45) is -4.73. The third-order valence-electron chi connectivity index (χ3n) is 2.85. The molecular weight excluding hydrogens is 289 g/mol. The van der Waals surface area contributed by atoms with Crippen LogP contribution in [0.2, 0.25) is 0 Å². The molecular formula is C11H12B2F3NO4. The molecule has 0 heterocycles. The van der Waals surface area contributed by atoms with Gasteiger partial charge in [0, 0.05) is 5.56 Å². The second-order valence-electron chi connectivity index (χ2n) is 4.34. The molecule has 0 aliphatic carbocycles. The largest absolute Gasteiger partial charge is 0.496 e. The van der Waals surface area contributed by atoms with Crippen molar-refractivity contribution < 1.29 is 32.9 Å². The van der Waals surface area contributed by atoms with Crippen LogP contribution < -0.4 is 15.2 Å². The first-order chi connectivity index (χ1) is 9.36. The Morgan fingerprint density at radius 3 is 1.71 bits per heavy atom. The second-order valence-corrected chi connectivity index (χ2v) is 4.34. The topological polar surface area (TPSA) is 84.9 Å². The predicted molar refractivity (Wildman–Crippen MR) is 69.1 cm³/mol. The Morgan fingerprint density at radius 1 is 1.00 bits per heavy atom. The Hall–Kier alpha value is -1.38. The Kier molecular flexibility index (Phi) is 4.57. The lowest BCUT2D eigenvalue weighted by atomic mass is 9.61. The number of alkyl halides is 3. The normalized spacial score (nSPS) is 17.7. The van der Waals surface area contributed by atoms with Crippen LogP contribution in [0.5, 0.6) is 11.5 Å². The molecule has 112 valence electrons. The van der Waals surface area contributed by atoms with Crippen LogP contribution in [-0.2, 0) is 11.7 Å². The molecule has 4 radical (unpaired) electrons. The highest BCUT2D eigenvalue weighted by Gasteiger charge is 2.43. The number of aliphatic hydroxyl groups is 2. The van der Waals surface area contributed by atoms with Gasteiger partial charge in [0.05, 0.1) is 25.3 Å². The van der Waals surface area contributed by atoms with E-state index in [1.54, 1.807) is 0 Å². The molecule has 5 nitrogen and oxygen atoms in total. The van der Waals surface area contributed by atoms with Crippen molar-refractivity contribution in [1.82, 2.24) is 0 Å². The molecule has 0 bridgehead atoms. The zero-order chi connectivity index (χ0) is 16.6. The molecule has 2 unspecified atom stereocenters. The van der Waals surface area contributed by atoms with Crippen molar-refractivity contribution >= 4 is 15.7 Å². The van der Waals surface area contributed by atoms with Gasteiger partial charge in [0.15, 0.2) is 0 Å². The predicted octanol–water partition coefficient (Wildman–Crippen LogP) is -0.191. The second kappa shape index (κ2) is 5.43. The molecule has 4 N–H and O–H groups in total. The van der Waals surface area contributed by atoms with Crippen LogP contribution in [0.1, 0.15) is 11.1 Å². The maximum absolute atomic E-state index is 12.9. The van der Waals surface area contributed by atoms with Crippen LogP contribution in [0.4, 0.5) is 13.2 Å². The van der Waals surface area contributed by atoms with Gasteiger partial charge >= 0.3 is 6.18 Å². The molecule has 1 rings (SSSR count). The minimum Gasteiger partial charge on any atom is -0.496 e. The van der Waals surface area contributed by atoms with E-state index in [0.717, 1.165) is 20.3 Å². The van der Waals surface area contributed by atoms with Crippen molar-refractivity contribution in [3.63, 3.8) is 0 Å². The fourth-order valence-electron chi connectivity index (χ4n) is 1.63. The SMILES string of the molecule is [B]C(N)(O)C([B])(O)c1cc(OC)c(C(F)(F)F)cc1OC. The monoisotopic (exact) mass is 301 g/mol. The lowest BCUT2D eigenvalue weighted by Gasteiger charge is -2.38. The summed E-state index contributed by atoms with van der Waals surface area (Å²) in [4.78, 5) is 0. The first-order valence-electron chi connectivity index (χ1n) is 5.51. The average Bonchev–Trinajstić information content (AvgIpc) is 2.34. The maximum atomic E-state index is 12.9. The molecule has 0 saturated heterocycles. The van der Waals surface area contributed by atoms with Gasteiger partial charge in [0.25, 0.3) is 0 Å². The van der Waals surface area contributed by atoms with E-state index in [9.17, 15) is 23.4 Å². The van der Waals surface area contributed by atoms with Gasteiger partial charge in [-0.2, -0.15) is 13.2 Å². The van der Waals surface area contributed by atoms with Gasteiger partial charge in [0.2, 0.25) is 0 Å². The number of ether oxygens (including phenoxy) is 2. The Balaban J connectivity index is 3.63. The van der Waals surface area contributed by atoms with Gasteiger partial charge in [0.1, 0.15) is 32.8 Å². The van der Waals surface area contributed by atoms with Gasteiger partial charge < -0.3 is 25.4 Å². The van der Waals surface area contributed by atoms with E-state index in [1.165, 1.54) is 0 Å². The van der Waals surface area contributed by atoms with Gasteiger partial charge in [-0.3, -0.25) is 0 Å². The van der Waals surface area contributed by atoms with Crippen LogP contribution in [0.25, 0.3) is 0 Å². The smallest absolute Gasteiger partial charge is 0.420 e. The molecule has 1 aromatic rings. The van der Waals surface area contributed by atoms with Crippen molar-refractivity contribution in [2.75, 3.05) is 14.2 Å². The zero-order valence-corrected chi connectivity index (χ0v) is 11.2. The van der Waals surface area contributed by atoms with Crippen molar-refractivity contribution in [2.45, 2.75) is 17.3 Å². The summed E-state index contributed by atoms with van der Waals surface area (Å²) in [6.45, 7) is 0. The minimum atomic E-state index is -4.73. The van der Waals surface area contributed by atoms with Crippen LogP contribution >= 0.6 is 0 Å². The lowest BCUT2D eigenvalue weighted by molar-refractivity contribution is -0.138. The first kappa shape index (κ1) is 17.7. The number of hydrogen-bond donors (Lipinski definition) is 3. The van der Waals surface area contributed by atoms with Gasteiger partial charge in [-0.1, -0.05) is 0 Å². The number of benzene rings is 1. The fourth-order valence-corrected chi connectivity index (χ4v) is 1.63. The Bertz CT molecular complexity index is 529. The number of halogens is 3. The van der Waals surface area contributed by atoms with Crippen LogP contribution in [0.3, 0.4) is 0 Å². The number of nitrogens with two attached hydrogens (primary N) is 1. The number of rotatable bonds is 4. The van der Waals surface area contributed by atoms with E-state index in [2.05, 4.69) is 4.74 Å². The van der Waals surface area contributed by atoms with Crippen molar-refractivity contribution in [2.24, 2.45) is 5.73 Å². The third-order valence-corrected chi connectivity index (χ3v) is 2.85. The third kappa shape index (κ3) is 3.28. The standard InChI is InChI=1S/C11H12B2F3NO4/c1-20-7-4-6(10(14,15)16)8(21-2)3-5(7)9(12,18)11(13,17)19/h3-4,18-19H,17H2,1-2H3. The first-order valence-corrected chi connectivity index (χ1v) is 5.51. The van der Waals surface area contributed by atoms with E-state index < -0.39 is 39.9 Å². The summed E-state index contributed by atoms with van der Waals surface area (Å²) in [7, 11) is 12.6. The Morgan fingerprint density at radius 2 is 1.38 bits per heavy atom. The van der Waals surface area contributed by atoms with Crippen molar-refractivity contribution in [1.29, 1.82) is 0 Å². The van der Waals surface area contributed by atoms with E-state index in [0.29, 0.717) is 6.07 Å². The van der Waals surface area contributed by atoms with E-state index >= 15 is 0 Å².